The number of nitrogens with two attached hydrogens (primary N) is 1. The zero-order chi connectivity index (χ0) is 25.7. The van der Waals surface area contributed by atoms with Gasteiger partial charge in [0.25, 0.3) is 0 Å². The molecule has 190 valence electrons. The molecule has 4 aromatic rings. The van der Waals surface area contributed by atoms with Gasteiger partial charge in [-0.15, -0.1) is 0 Å². The zero-order valence-corrected chi connectivity index (χ0v) is 20.5. The zero-order valence-electron chi connectivity index (χ0n) is 20.5. The van der Waals surface area contributed by atoms with Crippen LogP contribution in [0.3, 0.4) is 0 Å². The Morgan fingerprint density at radius 1 is 1.22 bits per heavy atom. The van der Waals surface area contributed by atoms with E-state index in [9.17, 15) is 14.3 Å². The monoisotopic (exact) mass is 501 g/mol. The van der Waals surface area contributed by atoms with Crippen molar-refractivity contribution in [2.75, 3.05) is 11.1 Å². The molecule has 2 aliphatic rings. The van der Waals surface area contributed by atoms with Gasteiger partial charge >= 0.3 is 0 Å². The largest absolute Gasteiger partial charge is 0.505 e. The van der Waals surface area contributed by atoms with E-state index in [0.29, 0.717) is 22.7 Å². The Bertz CT molecular complexity index is 1530. The number of rotatable bonds is 5. The molecule has 0 spiro atoms. The summed E-state index contributed by atoms with van der Waals surface area (Å²) in [5.74, 6) is -0.367. The molecule has 4 heterocycles. The Labute approximate surface area is 213 Å². The summed E-state index contributed by atoms with van der Waals surface area (Å²) in [6.45, 7) is 1.64. The minimum atomic E-state index is -1.32. The molecule has 1 atom stereocenters. The quantitative estimate of drug-likeness (QED) is 0.370. The molecule has 9 nitrogen and oxygen atoms in total. The first kappa shape index (κ1) is 23.3. The number of benzene rings is 1. The predicted octanol–water partition coefficient (Wildman–Crippen LogP) is 4.38. The molecule has 37 heavy (non-hydrogen) atoms. The van der Waals surface area contributed by atoms with Crippen LogP contribution in [0, 0.1) is 11.7 Å². The molecule has 0 saturated heterocycles. The van der Waals surface area contributed by atoms with Crippen LogP contribution in [-0.2, 0) is 16.6 Å². The molecule has 1 amide bonds. The van der Waals surface area contributed by atoms with Crippen LogP contribution in [0.4, 0.5) is 16.0 Å². The second kappa shape index (κ2) is 8.79. The van der Waals surface area contributed by atoms with E-state index in [1.807, 2.05) is 10.6 Å². The van der Waals surface area contributed by atoms with Crippen LogP contribution in [-0.4, -0.2) is 35.4 Å². The van der Waals surface area contributed by atoms with Gasteiger partial charge in [0.15, 0.2) is 23.0 Å². The molecule has 6 rings (SSSR count). The number of nitrogens with zero attached hydrogens (tertiary/aromatic N) is 5. The fourth-order valence-electron chi connectivity index (χ4n) is 5.70. The summed E-state index contributed by atoms with van der Waals surface area (Å²) < 4.78 is 16.1. The number of hydrogen-bond acceptors (Lipinski definition) is 7. The molecule has 1 aromatic carbocycles. The molecular weight excluding hydrogens is 473 g/mol. The third-order valence-corrected chi connectivity index (χ3v) is 7.83. The highest BCUT2D eigenvalue weighted by molar-refractivity contribution is 6.09. The molecule has 0 radical (unpaired) electrons. The molecular formula is C27H28FN7O2. The number of anilines is 2. The number of phenolic OH excluding ortho intramolecular Hbond substituents is 1. The molecule has 1 aliphatic carbocycles. The van der Waals surface area contributed by atoms with Crippen LogP contribution in [0.1, 0.15) is 62.3 Å². The van der Waals surface area contributed by atoms with Gasteiger partial charge in [-0.3, -0.25) is 4.79 Å². The Morgan fingerprint density at radius 2 is 2.03 bits per heavy atom. The summed E-state index contributed by atoms with van der Waals surface area (Å²) in [6, 6.07) is 3.84. The predicted molar refractivity (Wildman–Crippen MR) is 136 cm³/mol. The van der Waals surface area contributed by atoms with Gasteiger partial charge in [-0.1, -0.05) is 38.2 Å². The molecule has 3 aromatic heterocycles. The Morgan fingerprint density at radius 3 is 2.81 bits per heavy atom. The van der Waals surface area contributed by atoms with Crippen LogP contribution < -0.4 is 11.1 Å². The average molecular weight is 502 g/mol. The SMILES string of the molecule is CC1(c2ccc(O)c(F)c2)C(=O)Nc2nc(-c3cn4ccnc4c(CCC4CCCCC4)n3)nc(N)c21. The average Bonchev–Trinajstić information content (AvgIpc) is 3.47. The number of amides is 1. The maximum atomic E-state index is 14.2. The van der Waals surface area contributed by atoms with E-state index >= 15 is 0 Å². The lowest BCUT2D eigenvalue weighted by Gasteiger charge is -2.23. The van der Waals surface area contributed by atoms with Crippen LogP contribution in [0.2, 0.25) is 0 Å². The lowest BCUT2D eigenvalue weighted by molar-refractivity contribution is -0.119. The van der Waals surface area contributed by atoms with Crippen molar-refractivity contribution in [2.24, 2.45) is 5.92 Å². The number of aryl methyl sites for hydroxylation is 1. The standard InChI is InChI=1S/C27H28FN7O2/c1-27(16-8-10-20(36)17(28)13-16)21-22(29)32-23(33-24(21)34-26(27)37)19-14-35-12-11-30-25(35)18(31-19)9-7-15-5-3-2-4-6-15/h8,10-15,36H,2-7,9H2,1H3,(H3,29,32,33,34,37). The van der Waals surface area contributed by atoms with E-state index in [0.717, 1.165) is 30.2 Å². The molecule has 1 fully saturated rings. The minimum absolute atomic E-state index is 0.102. The fourth-order valence-corrected chi connectivity index (χ4v) is 5.70. The lowest BCUT2D eigenvalue weighted by atomic mass is 9.77. The van der Waals surface area contributed by atoms with Crippen molar-refractivity contribution in [2.45, 2.75) is 57.3 Å². The lowest BCUT2D eigenvalue weighted by Crippen LogP contribution is -2.33. The van der Waals surface area contributed by atoms with Crippen molar-refractivity contribution in [1.82, 2.24) is 24.3 Å². The number of fused-ring (bicyclic) bond motifs is 2. The summed E-state index contributed by atoms with van der Waals surface area (Å²) in [5.41, 5.74) is 8.01. The normalized spacial score (nSPS) is 19.8. The highest BCUT2D eigenvalue weighted by Gasteiger charge is 2.48. The number of carbonyl (C=O) groups excluding carboxylic acids is 1. The molecule has 10 heteroatoms. The number of nitrogens with one attached hydrogen (secondary N) is 1. The second-order valence-corrected chi connectivity index (χ2v) is 10.2. The summed E-state index contributed by atoms with van der Waals surface area (Å²) in [7, 11) is 0. The highest BCUT2D eigenvalue weighted by atomic mass is 19.1. The van der Waals surface area contributed by atoms with Crippen LogP contribution in [0.15, 0.2) is 36.8 Å². The minimum Gasteiger partial charge on any atom is -0.505 e. The van der Waals surface area contributed by atoms with Gasteiger partial charge in [-0.05, 0) is 43.4 Å². The van der Waals surface area contributed by atoms with Gasteiger partial charge < -0.3 is 20.6 Å². The third-order valence-electron chi connectivity index (χ3n) is 7.83. The fraction of sp³-hybridized carbons (Fsp3) is 0.370. The van der Waals surface area contributed by atoms with Crippen molar-refractivity contribution in [1.29, 1.82) is 0 Å². The van der Waals surface area contributed by atoms with Crippen LogP contribution >= 0.6 is 0 Å². The summed E-state index contributed by atoms with van der Waals surface area (Å²) in [5, 5.41) is 12.4. The first-order valence-corrected chi connectivity index (χ1v) is 12.7. The van der Waals surface area contributed by atoms with Crippen LogP contribution in [0.5, 0.6) is 5.75 Å². The first-order valence-electron chi connectivity index (χ1n) is 12.7. The Hall–Kier alpha value is -4.08. The van der Waals surface area contributed by atoms with E-state index in [4.69, 9.17) is 10.7 Å². The Kier molecular flexibility index (Phi) is 5.54. The summed E-state index contributed by atoms with van der Waals surface area (Å²) >= 11 is 0. The number of halogens is 1. The van der Waals surface area contributed by atoms with Gasteiger partial charge in [-0.2, -0.15) is 0 Å². The van der Waals surface area contributed by atoms with E-state index in [1.165, 1.54) is 44.2 Å². The Balaban J connectivity index is 1.39. The number of aromatic nitrogens is 5. The van der Waals surface area contributed by atoms with Gasteiger partial charge in [0.2, 0.25) is 5.91 Å². The van der Waals surface area contributed by atoms with Crippen LogP contribution in [0.25, 0.3) is 17.2 Å². The van der Waals surface area contributed by atoms with Crippen molar-refractivity contribution < 1.29 is 14.3 Å². The first-order chi connectivity index (χ1) is 17.8. The second-order valence-electron chi connectivity index (χ2n) is 10.2. The molecule has 0 bridgehead atoms. The van der Waals surface area contributed by atoms with Crippen molar-refractivity contribution in [3.05, 3.63) is 59.4 Å². The molecule has 4 N–H and O–H groups in total. The number of imidazole rings is 1. The summed E-state index contributed by atoms with van der Waals surface area (Å²) in [4.78, 5) is 31.6. The van der Waals surface area contributed by atoms with E-state index in [1.54, 1.807) is 19.3 Å². The summed E-state index contributed by atoms with van der Waals surface area (Å²) in [6.07, 6.45) is 13.7. The van der Waals surface area contributed by atoms with E-state index < -0.39 is 22.9 Å². The van der Waals surface area contributed by atoms with Gasteiger partial charge in [0, 0.05) is 18.6 Å². The van der Waals surface area contributed by atoms with Gasteiger partial charge in [0.05, 0.1) is 11.3 Å². The topological polar surface area (TPSA) is 131 Å². The molecule has 1 saturated carbocycles. The smallest absolute Gasteiger partial charge is 0.240 e. The number of nitrogen functional groups attached to an aromatic ring is 1. The van der Waals surface area contributed by atoms with Crippen molar-refractivity contribution >= 4 is 23.2 Å². The number of hydrogen-bond donors (Lipinski definition) is 3. The maximum absolute atomic E-state index is 14.2. The third kappa shape index (κ3) is 3.87. The highest BCUT2D eigenvalue weighted by Crippen LogP contribution is 2.45. The van der Waals surface area contributed by atoms with Gasteiger partial charge in [-0.25, -0.2) is 24.3 Å². The molecule has 1 aliphatic heterocycles. The number of aromatic hydroxyl groups is 1. The van der Waals surface area contributed by atoms with Crippen molar-refractivity contribution in [3.63, 3.8) is 0 Å². The van der Waals surface area contributed by atoms with Crippen molar-refractivity contribution in [3.8, 4) is 17.3 Å². The van der Waals surface area contributed by atoms with E-state index in [-0.39, 0.29) is 17.5 Å². The number of phenols is 1. The van der Waals surface area contributed by atoms with E-state index in [2.05, 4.69) is 20.3 Å². The van der Waals surface area contributed by atoms with Gasteiger partial charge in [0.1, 0.15) is 22.7 Å². The maximum Gasteiger partial charge on any atom is 0.240 e. The number of carbonyl (C=O) groups is 1. The molecule has 1 unspecified atom stereocenters.